The molecule has 1 N–H and O–H groups in total. The monoisotopic (exact) mass is 511 g/mol. The van der Waals surface area contributed by atoms with Crippen molar-refractivity contribution in [2.45, 2.75) is 32.2 Å². The van der Waals surface area contributed by atoms with Gasteiger partial charge in [0.1, 0.15) is 11.8 Å². The number of fused-ring (bicyclic) bond motifs is 3. The summed E-state index contributed by atoms with van der Waals surface area (Å²) in [7, 11) is 0. The molecule has 0 bridgehead atoms. The Kier molecular flexibility index (Phi) is 7.99. The summed E-state index contributed by atoms with van der Waals surface area (Å²) < 4.78 is 16.8. The number of amides is 1. The zero-order valence-corrected chi connectivity index (χ0v) is 21.6. The van der Waals surface area contributed by atoms with Gasteiger partial charge in [0.15, 0.2) is 0 Å². The van der Waals surface area contributed by atoms with Crippen molar-refractivity contribution < 1.29 is 19.0 Å². The first-order valence-corrected chi connectivity index (χ1v) is 13.3. The summed E-state index contributed by atoms with van der Waals surface area (Å²) in [6.07, 6.45) is 2.57. The van der Waals surface area contributed by atoms with Crippen LogP contribution in [0.1, 0.15) is 42.6 Å². The van der Waals surface area contributed by atoms with Crippen LogP contribution in [0.15, 0.2) is 42.5 Å². The van der Waals surface area contributed by atoms with Crippen LogP contribution in [0.3, 0.4) is 0 Å². The van der Waals surface area contributed by atoms with Crippen LogP contribution in [-0.2, 0) is 15.9 Å². The topological polar surface area (TPSA) is 67.0 Å². The molecule has 3 heterocycles. The average Bonchev–Trinajstić information content (AvgIpc) is 3.27. The molecule has 2 aliphatic heterocycles. The number of H-pyrrole nitrogens is 1. The fourth-order valence-electron chi connectivity index (χ4n) is 5.21. The predicted octanol–water partition coefficient (Wildman–Crippen LogP) is 5.42. The molecule has 8 heteroatoms. The van der Waals surface area contributed by atoms with E-state index in [9.17, 15) is 4.79 Å². The summed E-state index contributed by atoms with van der Waals surface area (Å²) in [6.45, 7) is 8.27. The van der Waals surface area contributed by atoms with Crippen molar-refractivity contribution in [1.29, 1.82) is 0 Å². The Hall–Kier alpha value is -2.74. The Bertz CT molecular complexity index is 1170. The van der Waals surface area contributed by atoms with Gasteiger partial charge in [-0.15, -0.1) is 0 Å². The van der Waals surface area contributed by atoms with E-state index in [0.29, 0.717) is 24.8 Å². The fourth-order valence-corrected chi connectivity index (χ4v) is 5.38. The minimum atomic E-state index is -0.301. The number of nitrogens with one attached hydrogen (secondary N) is 1. The van der Waals surface area contributed by atoms with Crippen molar-refractivity contribution in [3.05, 3.63) is 64.3 Å². The predicted molar refractivity (Wildman–Crippen MR) is 141 cm³/mol. The summed E-state index contributed by atoms with van der Waals surface area (Å²) in [5.41, 5.74) is 4.26. The maximum Gasteiger partial charge on any atom is 0.410 e. The number of carbonyl (C=O) groups is 1. The Balaban J connectivity index is 1.29. The number of carbonyl (C=O) groups excluding carboxylic acids is 1. The molecule has 7 nitrogen and oxygen atoms in total. The third-order valence-corrected chi connectivity index (χ3v) is 7.26. The van der Waals surface area contributed by atoms with E-state index in [1.165, 1.54) is 5.56 Å². The van der Waals surface area contributed by atoms with Crippen LogP contribution in [-0.4, -0.2) is 73.5 Å². The van der Waals surface area contributed by atoms with E-state index in [2.05, 4.69) is 9.88 Å². The molecule has 0 radical (unpaired) electrons. The molecular formula is C28H34ClN3O4. The molecule has 1 atom stereocenters. The second kappa shape index (κ2) is 11.5. The number of aromatic amines is 1. The van der Waals surface area contributed by atoms with Gasteiger partial charge in [-0.2, -0.15) is 0 Å². The molecule has 5 rings (SSSR count). The lowest BCUT2D eigenvalue weighted by molar-refractivity contribution is 0.0368. The van der Waals surface area contributed by atoms with Crippen molar-refractivity contribution in [2.24, 2.45) is 0 Å². The Morgan fingerprint density at radius 3 is 2.69 bits per heavy atom. The lowest BCUT2D eigenvalue weighted by Crippen LogP contribution is -2.40. The molecule has 0 saturated carbocycles. The molecule has 1 saturated heterocycles. The summed E-state index contributed by atoms with van der Waals surface area (Å²) in [4.78, 5) is 20.7. The first-order chi connectivity index (χ1) is 17.6. The normalized spacial score (nSPS) is 18.3. The minimum absolute atomic E-state index is 0.262. The van der Waals surface area contributed by atoms with Crippen LogP contribution in [0.4, 0.5) is 4.79 Å². The molecule has 192 valence electrons. The lowest BCUT2D eigenvalue weighted by Gasteiger charge is -2.35. The number of rotatable bonds is 8. The summed E-state index contributed by atoms with van der Waals surface area (Å²) >= 11 is 6.29. The summed E-state index contributed by atoms with van der Waals surface area (Å²) in [6, 6.07) is 13.7. The summed E-state index contributed by atoms with van der Waals surface area (Å²) in [5.74, 6) is 0.840. The molecular weight excluding hydrogens is 478 g/mol. The molecule has 1 fully saturated rings. The number of aromatic nitrogens is 1. The van der Waals surface area contributed by atoms with Gasteiger partial charge in [-0.05, 0) is 74.2 Å². The highest BCUT2D eigenvalue weighted by Crippen LogP contribution is 2.39. The smallest absolute Gasteiger partial charge is 0.410 e. The van der Waals surface area contributed by atoms with Crippen LogP contribution in [0, 0.1) is 0 Å². The Morgan fingerprint density at radius 1 is 1.11 bits per heavy atom. The van der Waals surface area contributed by atoms with Gasteiger partial charge in [-0.1, -0.05) is 23.7 Å². The van der Waals surface area contributed by atoms with Gasteiger partial charge in [-0.3, -0.25) is 9.80 Å². The number of benzene rings is 2. The van der Waals surface area contributed by atoms with Gasteiger partial charge < -0.3 is 19.2 Å². The van der Waals surface area contributed by atoms with Gasteiger partial charge in [0, 0.05) is 41.3 Å². The number of halogens is 1. The standard InChI is InChI=1S/C28H34ClN3O4/c1-2-35-28(33)32-13-11-23-24-19-21(29)7-10-25(24)30-26(23)27(32)20-5-8-22(9-6-20)36-16-4-3-12-31-14-17-34-18-15-31/h5-10,19,27,30H,2-4,11-18H2,1H3. The highest BCUT2D eigenvalue weighted by molar-refractivity contribution is 6.31. The van der Waals surface area contributed by atoms with Crippen molar-refractivity contribution >= 4 is 28.6 Å². The third kappa shape index (κ3) is 5.48. The highest BCUT2D eigenvalue weighted by Gasteiger charge is 2.35. The molecule has 1 unspecified atom stereocenters. The van der Waals surface area contributed by atoms with E-state index in [4.69, 9.17) is 25.8 Å². The molecule has 2 aromatic carbocycles. The SMILES string of the molecule is CCOC(=O)N1CCc2c([nH]c3ccc(Cl)cc23)C1c1ccc(OCCCCN2CCOCC2)cc1. The molecule has 36 heavy (non-hydrogen) atoms. The van der Waals surface area contributed by atoms with E-state index < -0.39 is 0 Å². The number of hydrogen-bond donors (Lipinski definition) is 1. The number of nitrogens with zero attached hydrogens (tertiary/aromatic N) is 2. The number of ether oxygens (including phenoxy) is 3. The third-order valence-electron chi connectivity index (χ3n) is 7.03. The van der Waals surface area contributed by atoms with E-state index in [1.54, 1.807) is 0 Å². The first-order valence-electron chi connectivity index (χ1n) is 12.9. The second-order valence-corrected chi connectivity index (χ2v) is 9.77. The van der Waals surface area contributed by atoms with Crippen molar-refractivity contribution in [1.82, 2.24) is 14.8 Å². The van der Waals surface area contributed by atoms with Crippen molar-refractivity contribution in [2.75, 3.05) is 52.6 Å². The zero-order valence-electron chi connectivity index (χ0n) is 20.8. The molecule has 1 aromatic heterocycles. The number of morpholine rings is 1. The molecule has 3 aromatic rings. The van der Waals surface area contributed by atoms with Gasteiger partial charge in [0.05, 0.1) is 26.4 Å². The number of unbranched alkanes of at least 4 members (excludes halogenated alkanes) is 1. The lowest BCUT2D eigenvalue weighted by atomic mass is 9.92. The minimum Gasteiger partial charge on any atom is -0.494 e. The quantitative estimate of drug-likeness (QED) is 0.409. The van der Waals surface area contributed by atoms with Crippen molar-refractivity contribution in [3.8, 4) is 5.75 Å². The number of hydrogen-bond acceptors (Lipinski definition) is 5. The van der Waals surface area contributed by atoms with Crippen LogP contribution in [0.25, 0.3) is 10.9 Å². The molecule has 1 amide bonds. The molecule has 2 aliphatic rings. The zero-order chi connectivity index (χ0) is 24.9. The van der Waals surface area contributed by atoms with Crippen LogP contribution < -0.4 is 4.74 Å². The van der Waals surface area contributed by atoms with E-state index >= 15 is 0 Å². The van der Waals surface area contributed by atoms with Crippen LogP contribution >= 0.6 is 11.6 Å². The summed E-state index contributed by atoms with van der Waals surface area (Å²) in [5, 5.41) is 1.82. The largest absolute Gasteiger partial charge is 0.494 e. The molecule has 0 spiro atoms. The van der Waals surface area contributed by atoms with Crippen molar-refractivity contribution in [3.63, 3.8) is 0 Å². The second-order valence-electron chi connectivity index (χ2n) is 9.33. The van der Waals surface area contributed by atoms with Gasteiger partial charge >= 0.3 is 6.09 Å². The highest BCUT2D eigenvalue weighted by atomic mass is 35.5. The Labute approximate surface area is 217 Å². The Morgan fingerprint density at radius 2 is 1.92 bits per heavy atom. The fraction of sp³-hybridized carbons (Fsp3) is 0.464. The van der Waals surface area contributed by atoms with E-state index in [0.717, 1.165) is 80.0 Å². The maximum absolute atomic E-state index is 12.9. The average molecular weight is 512 g/mol. The van der Waals surface area contributed by atoms with Gasteiger partial charge in [0.25, 0.3) is 0 Å². The van der Waals surface area contributed by atoms with Crippen LogP contribution in [0.5, 0.6) is 5.75 Å². The molecule has 0 aliphatic carbocycles. The maximum atomic E-state index is 12.9. The van der Waals surface area contributed by atoms with Crippen LogP contribution in [0.2, 0.25) is 5.02 Å². The van der Waals surface area contributed by atoms with Gasteiger partial charge in [-0.25, -0.2) is 4.79 Å². The first kappa shape index (κ1) is 24.9. The van der Waals surface area contributed by atoms with Gasteiger partial charge in [0.2, 0.25) is 0 Å². The van der Waals surface area contributed by atoms with E-state index in [1.807, 2.05) is 54.3 Å². The van der Waals surface area contributed by atoms with E-state index in [-0.39, 0.29) is 12.1 Å².